The number of hydrogen-bond acceptors (Lipinski definition) is 3. The summed E-state index contributed by atoms with van der Waals surface area (Å²) in [4.78, 5) is 15.0. The van der Waals surface area contributed by atoms with Crippen LogP contribution in [0.1, 0.15) is 18.9 Å². The van der Waals surface area contributed by atoms with Gasteiger partial charge in [0.25, 0.3) is 0 Å². The number of aromatic amines is 1. The lowest BCUT2D eigenvalue weighted by Gasteiger charge is -2.23. The molecule has 2 N–H and O–H groups in total. The Bertz CT molecular complexity index is 614. The number of nitrogens with zero attached hydrogens (tertiary/aromatic N) is 1. The monoisotopic (exact) mass is 283 g/mol. The summed E-state index contributed by atoms with van der Waals surface area (Å²) >= 11 is 0. The van der Waals surface area contributed by atoms with Gasteiger partial charge in [0.05, 0.1) is 18.1 Å². The van der Waals surface area contributed by atoms with Crippen molar-refractivity contribution in [2.24, 2.45) is 0 Å². The molecule has 1 aromatic heterocycles. The van der Waals surface area contributed by atoms with Crippen molar-refractivity contribution in [2.75, 3.05) is 20.2 Å². The molecule has 1 saturated heterocycles. The third-order valence-electron chi connectivity index (χ3n) is 3.60. The van der Waals surface area contributed by atoms with Crippen molar-refractivity contribution in [1.29, 1.82) is 0 Å². The van der Waals surface area contributed by atoms with Crippen LogP contribution in [0.3, 0.4) is 0 Å². The molecule has 1 fully saturated rings. The van der Waals surface area contributed by atoms with Gasteiger partial charge in [-0.3, -0.25) is 4.57 Å². The smallest absolute Gasteiger partial charge is 0.326 e. The quantitative estimate of drug-likeness (QED) is 0.882. The molecular formula is C13H18ClN3O2. The molecule has 6 heteroatoms. The Morgan fingerprint density at radius 1 is 1.32 bits per heavy atom. The second-order valence-electron chi connectivity index (χ2n) is 4.66. The normalized spacial score (nSPS) is 16.3. The zero-order valence-electron chi connectivity index (χ0n) is 10.8. The van der Waals surface area contributed by atoms with Crippen molar-refractivity contribution in [3.05, 3.63) is 28.7 Å². The summed E-state index contributed by atoms with van der Waals surface area (Å²) < 4.78 is 7.06. The van der Waals surface area contributed by atoms with Gasteiger partial charge in [0, 0.05) is 12.1 Å². The highest BCUT2D eigenvalue weighted by molar-refractivity contribution is 5.85. The first-order valence-electron chi connectivity index (χ1n) is 6.28. The van der Waals surface area contributed by atoms with Crippen molar-refractivity contribution in [3.8, 4) is 5.75 Å². The van der Waals surface area contributed by atoms with Crippen LogP contribution in [0.5, 0.6) is 5.75 Å². The minimum Gasteiger partial charge on any atom is -0.497 e. The zero-order chi connectivity index (χ0) is 12.5. The molecule has 104 valence electrons. The molecule has 0 spiro atoms. The van der Waals surface area contributed by atoms with Crippen molar-refractivity contribution in [2.45, 2.75) is 18.9 Å². The Morgan fingerprint density at radius 3 is 2.74 bits per heavy atom. The second-order valence-corrected chi connectivity index (χ2v) is 4.66. The van der Waals surface area contributed by atoms with Gasteiger partial charge in [-0.25, -0.2) is 4.79 Å². The van der Waals surface area contributed by atoms with E-state index in [1.165, 1.54) is 0 Å². The zero-order valence-corrected chi connectivity index (χ0v) is 11.6. The Kier molecular flexibility index (Phi) is 4.17. The lowest BCUT2D eigenvalue weighted by Crippen LogP contribution is -2.33. The summed E-state index contributed by atoms with van der Waals surface area (Å²) in [5, 5.41) is 3.32. The highest BCUT2D eigenvalue weighted by Gasteiger charge is 2.19. The SMILES string of the molecule is COc1ccc2c(c1)[nH]c(=O)n2C1CCNCC1.Cl. The number of aromatic nitrogens is 2. The van der Waals surface area contributed by atoms with Gasteiger partial charge < -0.3 is 15.0 Å². The molecule has 5 nitrogen and oxygen atoms in total. The summed E-state index contributed by atoms with van der Waals surface area (Å²) in [6.07, 6.45) is 2.00. The minimum atomic E-state index is -0.0230. The summed E-state index contributed by atoms with van der Waals surface area (Å²) in [6.45, 7) is 1.94. The van der Waals surface area contributed by atoms with Gasteiger partial charge in [-0.15, -0.1) is 12.4 Å². The van der Waals surface area contributed by atoms with Crippen LogP contribution in [0.25, 0.3) is 11.0 Å². The summed E-state index contributed by atoms with van der Waals surface area (Å²) in [5.74, 6) is 0.765. The maximum atomic E-state index is 12.1. The molecule has 0 unspecified atom stereocenters. The molecule has 0 atom stereocenters. The topological polar surface area (TPSA) is 59.1 Å². The first-order chi connectivity index (χ1) is 8.79. The van der Waals surface area contributed by atoms with Gasteiger partial charge in [0.2, 0.25) is 0 Å². The third-order valence-corrected chi connectivity index (χ3v) is 3.60. The molecule has 1 aliphatic rings. The Labute approximate surface area is 117 Å². The first-order valence-corrected chi connectivity index (χ1v) is 6.28. The van der Waals surface area contributed by atoms with E-state index in [4.69, 9.17) is 4.74 Å². The molecule has 0 saturated carbocycles. The average molecular weight is 284 g/mol. The van der Waals surface area contributed by atoms with Crippen LogP contribution >= 0.6 is 12.4 Å². The number of nitrogens with one attached hydrogen (secondary N) is 2. The maximum Gasteiger partial charge on any atom is 0.326 e. The van der Waals surface area contributed by atoms with Crippen LogP contribution in [-0.2, 0) is 0 Å². The van der Waals surface area contributed by atoms with Crippen molar-refractivity contribution in [1.82, 2.24) is 14.9 Å². The van der Waals surface area contributed by atoms with Crippen LogP contribution in [0.15, 0.2) is 23.0 Å². The van der Waals surface area contributed by atoms with Crippen LogP contribution in [0.4, 0.5) is 0 Å². The van der Waals surface area contributed by atoms with E-state index in [1.807, 2.05) is 22.8 Å². The Balaban J connectivity index is 0.00000133. The third kappa shape index (κ3) is 2.48. The summed E-state index contributed by atoms with van der Waals surface area (Å²) in [5.41, 5.74) is 1.79. The highest BCUT2D eigenvalue weighted by atomic mass is 35.5. The van der Waals surface area contributed by atoms with E-state index >= 15 is 0 Å². The van der Waals surface area contributed by atoms with Gasteiger partial charge in [-0.1, -0.05) is 0 Å². The lowest BCUT2D eigenvalue weighted by molar-refractivity contribution is 0.368. The molecule has 0 aliphatic carbocycles. The van der Waals surface area contributed by atoms with Gasteiger partial charge in [-0.2, -0.15) is 0 Å². The van der Waals surface area contributed by atoms with Gasteiger partial charge in [0.1, 0.15) is 5.75 Å². The molecular weight excluding hydrogens is 266 g/mol. The molecule has 0 amide bonds. The average Bonchev–Trinajstić information content (AvgIpc) is 2.74. The van der Waals surface area contributed by atoms with Gasteiger partial charge >= 0.3 is 5.69 Å². The summed E-state index contributed by atoms with van der Waals surface area (Å²) in [7, 11) is 1.63. The molecule has 1 aliphatic heterocycles. The number of imidazole rings is 1. The van der Waals surface area contributed by atoms with E-state index in [-0.39, 0.29) is 18.1 Å². The number of hydrogen-bond donors (Lipinski definition) is 2. The number of piperidine rings is 1. The van der Waals surface area contributed by atoms with Crippen LogP contribution in [0, 0.1) is 0 Å². The molecule has 1 aromatic carbocycles. The first kappa shape index (κ1) is 14.0. The second kappa shape index (κ2) is 5.67. The molecule has 2 heterocycles. The lowest BCUT2D eigenvalue weighted by atomic mass is 10.1. The van der Waals surface area contributed by atoms with Crippen molar-refractivity contribution in [3.63, 3.8) is 0 Å². The number of benzene rings is 1. The van der Waals surface area contributed by atoms with E-state index in [9.17, 15) is 4.79 Å². The Hall–Kier alpha value is -1.46. The standard InChI is InChI=1S/C13H17N3O2.ClH/c1-18-10-2-3-12-11(8-10)15-13(17)16(12)9-4-6-14-7-5-9;/h2-3,8-9,14H,4-7H2,1H3,(H,15,17);1H. The molecule has 19 heavy (non-hydrogen) atoms. The van der Waals surface area contributed by atoms with Crippen LogP contribution in [0.2, 0.25) is 0 Å². The van der Waals surface area contributed by atoms with Gasteiger partial charge in [-0.05, 0) is 38.1 Å². The fraction of sp³-hybridized carbons (Fsp3) is 0.462. The molecule has 0 bridgehead atoms. The maximum absolute atomic E-state index is 12.1. The number of ether oxygens (including phenoxy) is 1. The number of methoxy groups -OCH3 is 1. The fourth-order valence-corrected chi connectivity index (χ4v) is 2.66. The molecule has 0 radical (unpaired) electrons. The molecule has 3 rings (SSSR count). The van der Waals surface area contributed by atoms with Crippen molar-refractivity contribution >= 4 is 23.4 Å². The number of rotatable bonds is 2. The van der Waals surface area contributed by atoms with Crippen LogP contribution in [-0.4, -0.2) is 29.8 Å². The van der Waals surface area contributed by atoms with E-state index in [0.29, 0.717) is 6.04 Å². The largest absolute Gasteiger partial charge is 0.497 e. The number of halogens is 1. The van der Waals surface area contributed by atoms with E-state index in [1.54, 1.807) is 7.11 Å². The predicted molar refractivity (Wildman–Crippen MR) is 77.5 cm³/mol. The Morgan fingerprint density at radius 2 is 2.05 bits per heavy atom. The minimum absolute atomic E-state index is 0. The number of fused-ring (bicyclic) bond motifs is 1. The molecule has 2 aromatic rings. The highest BCUT2D eigenvalue weighted by Crippen LogP contribution is 2.24. The van der Waals surface area contributed by atoms with E-state index in [0.717, 1.165) is 42.7 Å². The van der Waals surface area contributed by atoms with Crippen molar-refractivity contribution < 1.29 is 4.74 Å². The van der Waals surface area contributed by atoms with Gasteiger partial charge in [0.15, 0.2) is 0 Å². The van der Waals surface area contributed by atoms with E-state index in [2.05, 4.69) is 10.3 Å². The predicted octanol–water partition coefficient (Wildman–Crippen LogP) is 1.68. The van der Waals surface area contributed by atoms with E-state index < -0.39 is 0 Å². The van der Waals surface area contributed by atoms with Crippen LogP contribution < -0.4 is 15.7 Å². The number of H-pyrrole nitrogens is 1. The fourth-order valence-electron chi connectivity index (χ4n) is 2.66. The summed E-state index contributed by atoms with van der Waals surface area (Å²) in [6, 6.07) is 6.01.